The predicted molar refractivity (Wildman–Crippen MR) is 29.6 cm³/mol. The van der Waals surface area contributed by atoms with Crippen LogP contribution in [0.4, 0.5) is 18.9 Å². The minimum atomic E-state index is -1.20. The molecule has 0 spiro atoms. The van der Waals surface area contributed by atoms with Crippen molar-refractivity contribution in [2.75, 3.05) is 5.73 Å². The molecule has 0 unspecified atom stereocenters. The second kappa shape index (κ2) is 2.21. The zero-order valence-electron chi connectivity index (χ0n) is 4.79. The summed E-state index contributed by atoms with van der Waals surface area (Å²) >= 11 is 0. The molecule has 0 saturated carbocycles. The molecule has 0 saturated heterocycles. The van der Waals surface area contributed by atoms with Gasteiger partial charge in [-0.1, -0.05) is 0 Å². The highest BCUT2D eigenvalue weighted by atomic mass is 19.1. The first kappa shape index (κ1) is 6.92. The van der Waals surface area contributed by atoms with Crippen molar-refractivity contribution < 1.29 is 13.2 Å². The van der Waals surface area contributed by atoms with E-state index in [9.17, 15) is 13.2 Å². The molecule has 0 aliphatic rings. The summed E-state index contributed by atoms with van der Waals surface area (Å²) in [5.41, 5.74) is 4.10. The van der Waals surface area contributed by atoms with E-state index in [-0.39, 0.29) is 0 Å². The highest BCUT2D eigenvalue weighted by Gasteiger charge is 2.06. The van der Waals surface area contributed by atoms with Crippen LogP contribution in [-0.2, 0) is 0 Å². The molecule has 1 nitrogen and oxygen atoms in total. The van der Waals surface area contributed by atoms with E-state index in [0.29, 0.717) is 6.07 Å². The third-order valence-electron chi connectivity index (χ3n) is 0.976. The normalized spacial score (nSPS) is 9.90. The molecule has 1 rings (SSSR count). The average molecular weight is 146 g/mol. The third-order valence-corrected chi connectivity index (χ3v) is 0.976. The van der Waals surface area contributed by atoms with E-state index in [1.54, 1.807) is 6.07 Å². The number of nitrogens with two attached hydrogens (primary N) is 1. The number of halogens is 3. The van der Waals surface area contributed by atoms with Gasteiger partial charge in [0.1, 0.15) is 11.5 Å². The molecular formula is C6H3F3N. The molecule has 1 radical (unpaired) electrons. The molecular weight excluding hydrogens is 143 g/mol. The van der Waals surface area contributed by atoms with Crippen molar-refractivity contribution in [3.8, 4) is 0 Å². The van der Waals surface area contributed by atoms with Crippen LogP contribution in [0.15, 0.2) is 6.07 Å². The fraction of sp³-hybridized carbons (Fsp3) is 0. The molecule has 1 aromatic rings. The summed E-state index contributed by atoms with van der Waals surface area (Å²) in [6.45, 7) is 0. The Morgan fingerprint density at radius 2 is 1.90 bits per heavy atom. The van der Waals surface area contributed by atoms with E-state index in [1.165, 1.54) is 0 Å². The summed E-state index contributed by atoms with van der Waals surface area (Å²) in [7, 11) is 0. The topological polar surface area (TPSA) is 26.0 Å². The summed E-state index contributed by atoms with van der Waals surface area (Å²) < 4.78 is 36.4. The maximum absolute atomic E-state index is 12.2. The van der Waals surface area contributed by atoms with E-state index >= 15 is 0 Å². The largest absolute Gasteiger partial charge is 0.394 e. The molecule has 1 aromatic carbocycles. The van der Waals surface area contributed by atoms with E-state index in [2.05, 4.69) is 0 Å². The molecule has 0 aliphatic carbocycles. The predicted octanol–water partition coefficient (Wildman–Crippen LogP) is 1.49. The van der Waals surface area contributed by atoms with Crippen molar-refractivity contribution in [1.82, 2.24) is 0 Å². The van der Waals surface area contributed by atoms with Crippen molar-refractivity contribution in [3.63, 3.8) is 0 Å². The Hall–Kier alpha value is -1.19. The van der Waals surface area contributed by atoms with Gasteiger partial charge in [-0.25, -0.2) is 13.2 Å². The van der Waals surface area contributed by atoms with Crippen molar-refractivity contribution in [3.05, 3.63) is 29.6 Å². The molecule has 53 valence electrons. The van der Waals surface area contributed by atoms with Gasteiger partial charge in [-0.2, -0.15) is 0 Å². The average Bonchev–Trinajstić information content (AvgIpc) is 1.82. The Labute approximate surface area is 55.3 Å². The number of nitrogen functional groups attached to an aromatic ring is 1. The van der Waals surface area contributed by atoms with Crippen LogP contribution in [0.1, 0.15) is 0 Å². The van der Waals surface area contributed by atoms with Crippen molar-refractivity contribution in [1.29, 1.82) is 0 Å². The van der Waals surface area contributed by atoms with Gasteiger partial charge < -0.3 is 5.73 Å². The zero-order chi connectivity index (χ0) is 7.72. The smallest absolute Gasteiger partial charge is 0.160 e. The van der Waals surface area contributed by atoms with E-state index in [4.69, 9.17) is 5.73 Å². The second-order valence-electron chi connectivity index (χ2n) is 1.69. The molecule has 0 aromatic heterocycles. The SMILES string of the molecule is Nc1c(F)[c]c(F)cc1F. The van der Waals surface area contributed by atoms with Crippen LogP contribution in [0.2, 0.25) is 0 Å². The van der Waals surface area contributed by atoms with Crippen molar-refractivity contribution >= 4 is 5.69 Å². The molecule has 0 heterocycles. The number of rotatable bonds is 0. The van der Waals surface area contributed by atoms with Gasteiger partial charge in [0, 0.05) is 6.07 Å². The highest BCUT2D eigenvalue weighted by Crippen LogP contribution is 2.14. The maximum Gasteiger partial charge on any atom is 0.160 e. The molecule has 0 atom stereocenters. The van der Waals surface area contributed by atoms with Gasteiger partial charge in [0.15, 0.2) is 11.6 Å². The first-order valence-electron chi connectivity index (χ1n) is 2.43. The molecule has 4 heteroatoms. The van der Waals surface area contributed by atoms with E-state index < -0.39 is 23.1 Å². The van der Waals surface area contributed by atoms with Gasteiger partial charge in [0.25, 0.3) is 0 Å². The Morgan fingerprint density at radius 3 is 2.40 bits per heavy atom. The summed E-state index contributed by atoms with van der Waals surface area (Å²) in [5.74, 6) is -3.39. The quantitative estimate of drug-likeness (QED) is 0.551. The summed E-state index contributed by atoms with van der Waals surface area (Å²) in [6, 6.07) is 2.05. The molecule has 0 amide bonds. The molecule has 2 N–H and O–H groups in total. The highest BCUT2D eigenvalue weighted by molar-refractivity contribution is 5.40. The summed E-state index contributed by atoms with van der Waals surface area (Å²) in [6.07, 6.45) is 0. The second-order valence-corrected chi connectivity index (χ2v) is 1.69. The number of anilines is 1. The lowest BCUT2D eigenvalue weighted by atomic mass is 10.3. The summed E-state index contributed by atoms with van der Waals surface area (Å²) in [5, 5.41) is 0. The first-order chi connectivity index (χ1) is 4.61. The van der Waals surface area contributed by atoms with Gasteiger partial charge in [0.05, 0.1) is 6.07 Å². The van der Waals surface area contributed by atoms with Crippen LogP contribution < -0.4 is 5.73 Å². The Morgan fingerprint density at radius 1 is 1.30 bits per heavy atom. The maximum atomic E-state index is 12.2. The van der Waals surface area contributed by atoms with E-state index in [0.717, 1.165) is 0 Å². The number of benzene rings is 1. The lowest BCUT2D eigenvalue weighted by Gasteiger charge is -1.95. The Bertz CT molecular complexity index is 236. The fourth-order valence-corrected chi connectivity index (χ4v) is 0.502. The fourth-order valence-electron chi connectivity index (χ4n) is 0.502. The lowest BCUT2D eigenvalue weighted by molar-refractivity contribution is 0.546. The molecule has 0 bridgehead atoms. The Balaban J connectivity index is 3.31. The van der Waals surface area contributed by atoms with Gasteiger partial charge >= 0.3 is 0 Å². The van der Waals surface area contributed by atoms with Crippen LogP contribution >= 0.6 is 0 Å². The third kappa shape index (κ3) is 1.05. The summed E-state index contributed by atoms with van der Waals surface area (Å²) in [4.78, 5) is 0. The van der Waals surface area contributed by atoms with Crippen molar-refractivity contribution in [2.45, 2.75) is 0 Å². The standard InChI is InChI=1S/C6H3F3N/c7-3-1-4(8)6(10)5(9)2-3/h1H,10H2. The number of hydrogen-bond acceptors (Lipinski definition) is 1. The van der Waals surface area contributed by atoms with Gasteiger partial charge in [-0.3, -0.25) is 0 Å². The zero-order valence-corrected chi connectivity index (χ0v) is 4.79. The van der Waals surface area contributed by atoms with Gasteiger partial charge in [-0.05, 0) is 0 Å². The van der Waals surface area contributed by atoms with E-state index in [1.807, 2.05) is 0 Å². The number of hydrogen-bond donors (Lipinski definition) is 1. The minimum Gasteiger partial charge on any atom is -0.394 e. The van der Waals surface area contributed by atoms with Crippen LogP contribution in [0.3, 0.4) is 0 Å². The van der Waals surface area contributed by atoms with Crippen LogP contribution in [0.25, 0.3) is 0 Å². The Kier molecular flexibility index (Phi) is 1.53. The monoisotopic (exact) mass is 146 g/mol. The molecule has 0 fully saturated rings. The van der Waals surface area contributed by atoms with Crippen LogP contribution in [0, 0.1) is 23.5 Å². The van der Waals surface area contributed by atoms with Gasteiger partial charge in [0.2, 0.25) is 0 Å². The minimum absolute atomic E-state index is 0.471. The molecule has 0 aliphatic heterocycles. The lowest BCUT2D eigenvalue weighted by Crippen LogP contribution is -1.96. The van der Waals surface area contributed by atoms with Crippen LogP contribution in [0.5, 0.6) is 0 Å². The first-order valence-corrected chi connectivity index (χ1v) is 2.43. The molecule has 10 heavy (non-hydrogen) atoms. The van der Waals surface area contributed by atoms with Crippen molar-refractivity contribution in [2.24, 2.45) is 0 Å². The van der Waals surface area contributed by atoms with Crippen LogP contribution in [-0.4, -0.2) is 0 Å². The van der Waals surface area contributed by atoms with Gasteiger partial charge in [-0.15, -0.1) is 0 Å².